The molecule has 20 heavy (non-hydrogen) atoms. The lowest BCUT2D eigenvalue weighted by Crippen LogP contribution is -2.36. The minimum absolute atomic E-state index is 0.0630. The summed E-state index contributed by atoms with van der Waals surface area (Å²) in [5.74, 6) is -3.49. The van der Waals surface area contributed by atoms with Gasteiger partial charge in [0.1, 0.15) is 11.6 Å². The number of ether oxygens (including phenoxy) is 1. The maximum absolute atomic E-state index is 13.4. The van der Waals surface area contributed by atoms with Crippen LogP contribution in [-0.2, 0) is 9.53 Å². The number of halogens is 2. The molecule has 0 spiro atoms. The molecule has 1 rings (SSSR count). The molecule has 7 heteroatoms. The van der Waals surface area contributed by atoms with Crippen molar-refractivity contribution in [2.24, 2.45) is 0 Å². The van der Waals surface area contributed by atoms with Gasteiger partial charge in [-0.1, -0.05) is 0 Å². The van der Waals surface area contributed by atoms with Gasteiger partial charge in [0, 0.05) is 19.2 Å². The first-order valence-electron chi connectivity index (χ1n) is 5.91. The number of nitrogen functional groups attached to an aromatic ring is 1. The molecule has 0 aromatic heterocycles. The Labute approximate surface area is 115 Å². The number of rotatable bonds is 4. The van der Waals surface area contributed by atoms with Gasteiger partial charge in [-0.05, 0) is 19.9 Å². The molecule has 5 nitrogen and oxygen atoms in total. The number of amides is 1. The van der Waals surface area contributed by atoms with Gasteiger partial charge in [0.05, 0.1) is 11.3 Å². The molecule has 0 bridgehead atoms. The number of hydrogen-bond donors (Lipinski definition) is 1. The highest BCUT2D eigenvalue weighted by Crippen LogP contribution is 2.17. The summed E-state index contributed by atoms with van der Waals surface area (Å²) in [6, 6.07) is 1.27. The molecule has 1 aromatic carbocycles. The first-order chi connectivity index (χ1) is 9.23. The summed E-state index contributed by atoms with van der Waals surface area (Å²) < 4.78 is 31.3. The summed E-state index contributed by atoms with van der Waals surface area (Å²) in [5.41, 5.74) is 4.15. The van der Waals surface area contributed by atoms with E-state index in [0.717, 1.165) is 0 Å². The minimum Gasteiger partial charge on any atom is -0.452 e. The van der Waals surface area contributed by atoms with Crippen molar-refractivity contribution in [1.29, 1.82) is 0 Å². The fourth-order valence-electron chi connectivity index (χ4n) is 1.31. The molecule has 0 aliphatic rings. The molecule has 0 saturated carbocycles. The Morgan fingerprint density at radius 2 is 1.90 bits per heavy atom. The van der Waals surface area contributed by atoms with Crippen LogP contribution in [0.15, 0.2) is 12.1 Å². The Kier molecular flexibility index (Phi) is 5.01. The summed E-state index contributed by atoms with van der Waals surface area (Å²) in [6.45, 7) is 3.03. The van der Waals surface area contributed by atoms with Crippen LogP contribution in [0, 0.1) is 11.6 Å². The van der Waals surface area contributed by atoms with Crippen molar-refractivity contribution in [2.45, 2.75) is 19.9 Å². The summed E-state index contributed by atoms with van der Waals surface area (Å²) in [4.78, 5) is 24.5. The van der Waals surface area contributed by atoms with Crippen LogP contribution >= 0.6 is 0 Å². The molecule has 1 amide bonds. The number of likely N-dealkylation sites (N-methyl/N-ethyl adjacent to an activating group) is 1. The highest BCUT2D eigenvalue weighted by atomic mass is 19.1. The first-order valence-corrected chi connectivity index (χ1v) is 5.91. The molecule has 0 saturated heterocycles. The van der Waals surface area contributed by atoms with Crippen LogP contribution < -0.4 is 5.73 Å². The lowest BCUT2D eigenvalue weighted by molar-refractivity contribution is -0.134. The maximum Gasteiger partial charge on any atom is 0.341 e. The molecule has 2 N–H and O–H groups in total. The lowest BCUT2D eigenvalue weighted by Gasteiger charge is -2.21. The summed E-state index contributed by atoms with van der Waals surface area (Å²) in [5, 5.41) is 0. The second-order valence-corrected chi connectivity index (χ2v) is 4.53. The predicted octanol–water partition coefficient (Wildman–Crippen LogP) is 1.57. The molecule has 0 radical (unpaired) electrons. The average Bonchev–Trinajstić information content (AvgIpc) is 2.38. The molecular formula is C13H16F2N2O3. The van der Waals surface area contributed by atoms with E-state index < -0.39 is 41.4 Å². The van der Waals surface area contributed by atoms with Crippen molar-refractivity contribution in [3.63, 3.8) is 0 Å². The standard InChI is InChI=1S/C13H16F2N2O3/c1-7(2)17(3)12(18)6-20-13(19)8-4-10(15)11(16)5-9(8)14/h4-5,7H,6,16H2,1-3H3. The van der Waals surface area contributed by atoms with Crippen molar-refractivity contribution in [2.75, 3.05) is 19.4 Å². The van der Waals surface area contributed by atoms with Crippen LogP contribution in [0.4, 0.5) is 14.5 Å². The van der Waals surface area contributed by atoms with E-state index in [1.54, 1.807) is 20.9 Å². The van der Waals surface area contributed by atoms with Crippen molar-refractivity contribution in [3.8, 4) is 0 Å². The molecule has 0 atom stereocenters. The molecule has 1 aromatic rings. The van der Waals surface area contributed by atoms with E-state index in [0.29, 0.717) is 12.1 Å². The van der Waals surface area contributed by atoms with Crippen molar-refractivity contribution < 1.29 is 23.1 Å². The van der Waals surface area contributed by atoms with Gasteiger partial charge >= 0.3 is 5.97 Å². The zero-order valence-corrected chi connectivity index (χ0v) is 11.4. The second kappa shape index (κ2) is 6.31. The van der Waals surface area contributed by atoms with Crippen LogP contribution in [0.2, 0.25) is 0 Å². The van der Waals surface area contributed by atoms with E-state index in [-0.39, 0.29) is 6.04 Å². The zero-order chi connectivity index (χ0) is 15.4. The highest BCUT2D eigenvalue weighted by Gasteiger charge is 2.19. The van der Waals surface area contributed by atoms with Gasteiger partial charge in [-0.3, -0.25) is 4.79 Å². The van der Waals surface area contributed by atoms with Gasteiger partial charge in [0.15, 0.2) is 6.61 Å². The third-order valence-electron chi connectivity index (χ3n) is 2.80. The van der Waals surface area contributed by atoms with Crippen LogP contribution in [0.3, 0.4) is 0 Å². The number of hydrogen-bond acceptors (Lipinski definition) is 4. The SMILES string of the molecule is CC(C)N(C)C(=O)COC(=O)c1cc(F)c(N)cc1F. The van der Waals surface area contributed by atoms with Crippen LogP contribution in [0.25, 0.3) is 0 Å². The fraction of sp³-hybridized carbons (Fsp3) is 0.385. The van der Waals surface area contributed by atoms with Gasteiger partial charge < -0.3 is 15.4 Å². The van der Waals surface area contributed by atoms with E-state index in [4.69, 9.17) is 5.73 Å². The van der Waals surface area contributed by atoms with E-state index >= 15 is 0 Å². The van der Waals surface area contributed by atoms with Gasteiger partial charge in [-0.15, -0.1) is 0 Å². The Balaban J connectivity index is 2.73. The second-order valence-electron chi connectivity index (χ2n) is 4.53. The average molecular weight is 286 g/mol. The Morgan fingerprint density at radius 1 is 1.30 bits per heavy atom. The normalized spacial score (nSPS) is 10.5. The van der Waals surface area contributed by atoms with Crippen molar-refractivity contribution >= 4 is 17.6 Å². The number of nitrogens with two attached hydrogens (primary N) is 1. The molecule has 0 fully saturated rings. The van der Waals surface area contributed by atoms with Gasteiger partial charge in [0.2, 0.25) is 0 Å². The van der Waals surface area contributed by atoms with E-state index in [1.165, 1.54) is 4.90 Å². The van der Waals surface area contributed by atoms with Crippen molar-refractivity contribution in [1.82, 2.24) is 4.90 Å². The number of anilines is 1. The molecule has 0 heterocycles. The third kappa shape index (κ3) is 3.66. The fourth-order valence-corrected chi connectivity index (χ4v) is 1.31. The minimum atomic E-state index is -1.12. The van der Waals surface area contributed by atoms with Gasteiger partial charge in [0.25, 0.3) is 5.91 Å². The smallest absolute Gasteiger partial charge is 0.341 e. The van der Waals surface area contributed by atoms with Crippen LogP contribution in [0.1, 0.15) is 24.2 Å². The van der Waals surface area contributed by atoms with E-state index in [9.17, 15) is 18.4 Å². The number of esters is 1. The highest BCUT2D eigenvalue weighted by molar-refractivity contribution is 5.92. The topological polar surface area (TPSA) is 72.6 Å². The summed E-state index contributed by atoms with van der Waals surface area (Å²) in [7, 11) is 1.55. The van der Waals surface area contributed by atoms with Crippen LogP contribution in [-0.4, -0.2) is 36.5 Å². The molecule has 110 valence electrons. The number of benzene rings is 1. The Bertz CT molecular complexity index is 533. The summed E-state index contributed by atoms with van der Waals surface area (Å²) in [6.07, 6.45) is 0. The molecule has 0 aliphatic carbocycles. The third-order valence-corrected chi connectivity index (χ3v) is 2.80. The quantitative estimate of drug-likeness (QED) is 0.673. The maximum atomic E-state index is 13.4. The van der Waals surface area contributed by atoms with E-state index in [1.807, 2.05) is 0 Å². The van der Waals surface area contributed by atoms with E-state index in [2.05, 4.69) is 4.74 Å². The monoisotopic (exact) mass is 286 g/mol. The summed E-state index contributed by atoms with van der Waals surface area (Å²) >= 11 is 0. The number of nitrogens with zero attached hydrogens (tertiary/aromatic N) is 1. The largest absolute Gasteiger partial charge is 0.452 e. The molecule has 0 aliphatic heterocycles. The number of carbonyl (C=O) groups excluding carboxylic acids is 2. The molecular weight excluding hydrogens is 270 g/mol. The first kappa shape index (κ1) is 15.9. The Hall–Kier alpha value is -2.18. The van der Waals surface area contributed by atoms with Gasteiger partial charge in [-0.25, -0.2) is 13.6 Å². The van der Waals surface area contributed by atoms with Crippen molar-refractivity contribution in [3.05, 3.63) is 29.3 Å². The van der Waals surface area contributed by atoms with Gasteiger partial charge in [-0.2, -0.15) is 0 Å². The predicted molar refractivity (Wildman–Crippen MR) is 69.0 cm³/mol. The number of carbonyl (C=O) groups is 2. The molecule has 0 unspecified atom stereocenters. The van der Waals surface area contributed by atoms with Crippen LogP contribution in [0.5, 0.6) is 0 Å². The lowest BCUT2D eigenvalue weighted by atomic mass is 10.2. The zero-order valence-electron chi connectivity index (χ0n) is 11.4. The Morgan fingerprint density at radius 3 is 2.45 bits per heavy atom.